The largest absolute Gasteiger partial charge is 0.322 e. The van der Waals surface area contributed by atoms with Crippen molar-refractivity contribution in [2.24, 2.45) is 5.73 Å². The molecule has 1 aromatic heterocycles. The quantitative estimate of drug-likeness (QED) is 0.936. The average molecular weight is 330 g/mol. The minimum atomic E-state index is -0.854. The van der Waals surface area contributed by atoms with Crippen molar-refractivity contribution in [1.82, 2.24) is 9.78 Å². The van der Waals surface area contributed by atoms with Crippen LogP contribution in [0.15, 0.2) is 28.9 Å². The first-order valence-electron chi connectivity index (χ1n) is 5.94. The highest BCUT2D eigenvalue weighted by Gasteiger charge is 2.18. The Morgan fingerprint density at radius 3 is 2.84 bits per heavy atom. The van der Waals surface area contributed by atoms with E-state index in [1.807, 2.05) is 6.92 Å². The van der Waals surface area contributed by atoms with Crippen molar-refractivity contribution in [1.29, 1.82) is 0 Å². The monoisotopic (exact) mass is 329 g/mol. The second-order valence-electron chi connectivity index (χ2n) is 4.22. The van der Waals surface area contributed by atoms with Crippen LogP contribution in [0.3, 0.4) is 0 Å². The molecule has 0 aliphatic carbocycles. The van der Waals surface area contributed by atoms with Gasteiger partial charge in [-0.05, 0) is 40.9 Å². The van der Waals surface area contributed by atoms with Crippen LogP contribution in [-0.2, 0) is 13.0 Å². The lowest BCUT2D eigenvalue weighted by Gasteiger charge is -2.15. The maximum Gasteiger partial charge on any atom is 0.162 e. The smallest absolute Gasteiger partial charge is 0.162 e. The predicted molar refractivity (Wildman–Crippen MR) is 72.6 cm³/mol. The summed E-state index contributed by atoms with van der Waals surface area (Å²) in [6.07, 6.45) is 1.87. The zero-order chi connectivity index (χ0) is 14.0. The molecule has 2 rings (SSSR count). The molecule has 102 valence electrons. The fourth-order valence-corrected chi connectivity index (χ4v) is 2.62. The topological polar surface area (TPSA) is 43.8 Å². The van der Waals surface area contributed by atoms with E-state index in [4.69, 9.17) is 5.73 Å². The summed E-state index contributed by atoms with van der Waals surface area (Å²) in [6.45, 7) is 2.61. The van der Waals surface area contributed by atoms with Crippen LogP contribution in [0.4, 0.5) is 8.78 Å². The summed E-state index contributed by atoms with van der Waals surface area (Å²) in [7, 11) is 0. The number of hydrogen-bond acceptors (Lipinski definition) is 2. The minimum Gasteiger partial charge on any atom is -0.322 e. The molecule has 1 heterocycles. The summed E-state index contributed by atoms with van der Waals surface area (Å²) in [5, 5.41) is 4.16. The number of halogens is 3. The molecule has 0 amide bonds. The van der Waals surface area contributed by atoms with E-state index in [0.29, 0.717) is 6.54 Å². The van der Waals surface area contributed by atoms with Crippen molar-refractivity contribution in [3.8, 4) is 0 Å². The normalized spacial score (nSPS) is 12.7. The highest BCUT2D eigenvalue weighted by molar-refractivity contribution is 9.10. The Balaban J connectivity index is 2.28. The maximum atomic E-state index is 13.6. The van der Waals surface area contributed by atoms with Gasteiger partial charge in [-0.1, -0.05) is 12.1 Å². The van der Waals surface area contributed by atoms with E-state index in [9.17, 15) is 8.78 Å². The summed E-state index contributed by atoms with van der Waals surface area (Å²) in [4.78, 5) is 0. The van der Waals surface area contributed by atoms with Gasteiger partial charge in [0, 0.05) is 6.54 Å². The van der Waals surface area contributed by atoms with E-state index < -0.39 is 17.7 Å². The van der Waals surface area contributed by atoms with Gasteiger partial charge in [0.15, 0.2) is 11.6 Å². The second kappa shape index (κ2) is 5.79. The fourth-order valence-electron chi connectivity index (χ4n) is 2.03. The van der Waals surface area contributed by atoms with Gasteiger partial charge in [0.25, 0.3) is 0 Å². The summed E-state index contributed by atoms with van der Waals surface area (Å²) in [5.41, 5.74) is 7.14. The minimum absolute atomic E-state index is 0.216. The Hall–Kier alpha value is -1.27. The number of aryl methyl sites for hydroxylation is 1. The van der Waals surface area contributed by atoms with Gasteiger partial charge in [-0.3, -0.25) is 4.68 Å². The molecule has 0 saturated carbocycles. The van der Waals surface area contributed by atoms with Gasteiger partial charge in [0.2, 0.25) is 0 Å². The molecule has 1 unspecified atom stereocenters. The van der Waals surface area contributed by atoms with Crippen LogP contribution < -0.4 is 5.73 Å². The highest BCUT2D eigenvalue weighted by Crippen LogP contribution is 2.25. The van der Waals surface area contributed by atoms with Crippen molar-refractivity contribution in [3.05, 3.63) is 51.8 Å². The van der Waals surface area contributed by atoms with Crippen molar-refractivity contribution >= 4 is 15.9 Å². The Morgan fingerprint density at radius 1 is 1.42 bits per heavy atom. The number of benzene rings is 1. The van der Waals surface area contributed by atoms with Crippen LogP contribution in [0.2, 0.25) is 0 Å². The van der Waals surface area contributed by atoms with E-state index in [1.165, 1.54) is 6.07 Å². The number of hydrogen-bond donors (Lipinski definition) is 1. The first-order valence-corrected chi connectivity index (χ1v) is 6.73. The summed E-state index contributed by atoms with van der Waals surface area (Å²) < 4.78 is 29.3. The molecule has 0 bridgehead atoms. The first-order chi connectivity index (χ1) is 9.04. The zero-order valence-corrected chi connectivity index (χ0v) is 12.0. The Bertz CT molecular complexity index is 583. The van der Waals surface area contributed by atoms with Crippen molar-refractivity contribution in [3.63, 3.8) is 0 Å². The number of aromatic nitrogens is 2. The van der Waals surface area contributed by atoms with Crippen LogP contribution in [-0.4, -0.2) is 9.78 Å². The Morgan fingerprint density at radius 2 is 2.16 bits per heavy atom. The zero-order valence-electron chi connectivity index (χ0n) is 10.4. The number of nitrogens with two attached hydrogens (primary N) is 1. The molecular weight excluding hydrogens is 316 g/mol. The molecule has 19 heavy (non-hydrogen) atoms. The summed E-state index contributed by atoms with van der Waals surface area (Å²) >= 11 is 3.37. The van der Waals surface area contributed by atoms with Crippen LogP contribution in [0.5, 0.6) is 0 Å². The molecule has 1 aromatic carbocycles. The molecule has 0 saturated heterocycles. The van der Waals surface area contributed by atoms with E-state index >= 15 is 0 Å². The fraction of sp³-hybridized carbons (Fsp3) is 0.308. The lowest BCUT2D eigenvalue weighted by Crippen LogP contribution is -2.19. The van der Waals surface area contributed by atoms with Gasteiger partial charge in [0.05, 0.1) is 22.4 Å². The van der Waals surface area contributed by atoms with Gasteiger partial charge in [-0.25, -0.2) is 8.78 Å². The van der Waals surface area contributed by atoms with Gasteiger partial charge >= 0.3 is 0 Å². The molecule has 0 aliphatic heterocycles. The van der Waals surface area contributed by atoms with E-state index in [-0.39, 0.29) is 12.0 Å². The van der Waals surface area contributed by atoms with Crippen molar-refractivity contribution in [2.75, 3.05) is 0 Å². The van der Waals surface area contributed by atoms with Crippen molar-refractivity contribution < 1.29 is 8.78 Å². The van der Waals surface area contributed by atoms with Crippen LogP contribution in [0.1, 0.15) is 24.2 Å². The average Bonchev–Trinajstić information content (AvgIpc) is 2.76. The summed E-state index contributed by atoms with van der Waals surface area (Å²) in [6, 6.07) is 3.66. The maximum absolute atomic E-state index is 13.6. The van der Waals surface area contributed by atoms with Crippen LogP contribution in [0, 0.1) is 11.6 Å². The lowest BCUT2D eigenvalue weighted by atomic mass is 10.0. The molecule has 1 atom stereocenters. The molecule has 2 aromatic rings. The molecule has 0 spiro atoms. The first kappa shape index (κ1) is 14.1. The van der Waals surface area contributed by atoms with Gasteiger partial charge < -0.3 is 5.73 Å². The molecule has 2 N–H and O–H groups in total. The van der Waals surface area contributed by atoms with Gasteiger partial charge in [-0.15, -0.1) is 0 Å². The van der Waals surface area contributed by atoms with Gasteiger partial charge in [0.1, 0.15) is 0 Å². The molecule has 0 aliphatic rings. The molecule has 3 nitrogen and oxygen atoms in total. The third-order valence-electron chi connectivity index (χ3n) is 2.96. The molecular formula is C13H14BrF2N3. The number of nitrogens with zero attached hydrogens (tertiary/aromatic N) is 2. The third-order valence-corrected chi connectivity index (χ3v) is 3.57. The number of rotatable bonds is 4. The van der Waals surface area contributed by atoms with E-state index in [2.05, 4.69) is 21.0 Å². The SMILES string of the molecule is CCn1ncc(Br)c1C(N)Cc1cccc(F)c1F. The Labute approximate surface area is 118 Å². The van der Waals surface area contributed by atoms with Crippen LogP contribution >= 0.6 is 15.9 Å². The lowest BCUT2D eigenvalue weighted by molar-refractivity contribution is 0.489. The summed E-state index contributed by atoms with van der Waals surface area (Å²) in [5.74, 6) is -1.69. The van der Waals surface area contributed by atoms with E-state index in [0.717, 1.165) is 16.2 Å². The molecule has 0 fully saturated rings. The molecule has 6 heteroatoms. The standard InChI is InChI=1S/C13H14BrF2N3/c1-2-19-13(9(14)7-18-19)11(17)6-8-4-3-5-10(15)12(8)16/h3-5,7,11H,2,6,17H2,1H3. The highest BCUT2D eigenvalue weighted by atomic mass is 79.9. The third kappa shape index (κ3) is 2.84. The Kier molecular flexibility index (Phi) is 4.31. The predicted octanol–water partition coefficient (Wildman–Crippen LogP) is 3.19. The molecule has 0 radical (unpaired) electrons. The van der Waals surface area contributed by atoms with Gasteiger partial charge in [-0.2, -0.15) is 5.10 Å². The van der Waals surface area contributed by atoms with Crippen LogP contribution in [0.25, 0.3) is 0 Å². The van der Waals surface area contributed by atoms with Crippen molar-refractivity contribution in [2.45, 2.75) is 25.9 Å². The van der Waals surface area contributed by atoms with E-state index in [1.54, 1.807) is 16.9 Å². The second-order valence-corrected chi connectivity index (χ2v) is 5.07.